The number of para-hydroxylation sites is 1. The Morgan fingerprint density at radius 3 is 2.38 bits per heavy atom. The Hall–Kier alpha value is -5.05. The number of aromatic nitrogens is 4. The smallest absolute Gasteiger partial charge is 0.324 e. The van der Waals surface area contributed by atoms with Crippen LogP contribution < -0.4 is 21.9 Å². The Balaban J connectivity index is 1.42. The molecule has 0 saturated carbocycles. The molecule has 0 unspecified atom stereocenters. The van der Waals surface area contributed by atoms with Gasteiger partial charge >= 0.3 is 6.03 Å². The Morgan fingerprint density at radius 1 is 0.882 bits per heavy atom. The molecular formula is C25H19N7O2. The highest BCUT2D eigenvalue weighted by molar-refractivity contribution is 5.99. The number of urea groups is 1. The molecule has 0 aliphatic heterocycles. The number of nitrogens with one attached hydrogen (secondary N) is 2. The first-order valence-corrected chi connectivity index (χ1v) is 10.4. The lowest BCUT2D eigenvalue weighted by molar-refractivity contribution is 0.262. The van der Waals surface area contributed by atoms with E-state index >= 15 is 0 Å². The number of carbonyl (C=O) groups is 1. The van der Waals surface area contributed by atoms with E-state index in [9.17, 15) is 9.59 Å². The van der Waals surface area contributed by atoms with Crippen LogP contribution >= 0.6 is 0 Å². The Labute approximate surface area is 194 Å². The van der Waals surface area contributed by atoms with E-state index in [2.05, 4.69) is 25.6 Å². The lowest BCUT2D eigenvalue weighted by Crippen LogP contribution is -2.23. The molecule has 34 heavy (non-hydrogen) atoms. The van der Waals surface area contributed by atoms with Gasteiger partial charge in [-0.05, 0) is 54.1 Å². The second-order valence-corrected chi connectivity index (χ2v) is 7.43. The van der Waals surface area contributed by atoms with Crippen molar-refractivity contribution >= 4 is 34.4 Å². The first kappa shape index (κ1) is 20.8. The van der Waals surface area contributed by atoms with E-state index in [0.717, 1.165) is 11.1 Å². The molecule has 0 aliphatic rings. The van der Waals surface area contributed by atoms with Crippen molar-refractivity contribution in [3.05, 3.63) is 102 Å². The SMILES string of the molecule is Nc1nc2ccc(-c3ccc(NC(=O)Nc4ccncc4)nc3)cc2c(=O)n1-c1ccccc1. The number of carbonyl (C=O) groups excluding carboxylic acids is 1. The Morgan fingerprint density at radius 2 is 1.65 bits per heavy atom. The predicted molar refractivity (Wildman–Crippen MR) is 132 cm³/mol. The number of nitrogens with two attached hydrogens (primary N) is 1. The third kappa shape index (κ3) is 4.17. The first-order valence-electron chi connectivity index (χ1n) is 10.4. The molecule has 5 rings (SSSR count). The summed E-state index contributed by atoms with van der Waals surface area (Å²) in [6.07, 6.45) is 4.80. The van der Waals surface area contributed by atoms with Crippen LogP contribution in [0.2, 0.25) is 0 Å². The molecule has 2 aromatic carbocycles. The molecule has 9 nitrogen and oxygen atoms in total. The molecule has 3 aromatic heterocycles. The number of anilines is 3. The van der Waals surface area contributed by atoms with Gasteiger partial charge in [-0.1, -0.05) is 24.3 Å². The van der Waals surface area contributed by atoms with Crippen LogP contribution in [0.25, 0.3) is 27.7 Å². The van der Waals surface area contributed by atoms with Crippen molar-refractivity contribution in [2.45, 2.75) is 0 Å². The van der Waals surface area contributed by atoms with Gasteiger partial charge in [0, 0.05) is 29.8 Å². The molecule has 4 N–H and O–H groups in total. The quantitative estimate of drug-likeness (QED) is 0.379. The van der Waals surface area contributed by atoms with Gasteiger partial charge in [0.1, 0.15) is 5.82 Å². The van der Waals surface area contributed by atoms with Gasteiger partial charge in [-0.15, -0.1) is 0 Å². The van der Waals surface area contributed by atoms with Gasteiger partial charge in [0.15, 0.2) is 0 Å². The fraction of sp³-hybridized carbons (Fsp3) is 0. The minimum absolute atomic E-state index is 0.124. The fourth-order valence-corrected chi connectivity index (χ4v) is 3.56. The fourth-order valence-electron chi connectivity index (χ4n) is 3.56. The molecule has 5 aromatic rings. The molecule has 2 amide bonds. The van der Waals surface area contributed by atoms with Crippen LogP contribution in [0.1, 0.15) is 0 Å². The van der Waals surface area contributed by atoms with Crippen LogP contribution in [-0.2, 0) is 0 Å². The van der Waals surface area contributed by atoms with Crippen molar-refractivity contribution in [2.75, 3.05) is 16.4 Å². The summed E-state index contributed by atoms with van der Waals surface area (Å²) in [6, 6.07) is 21.0. The highest BCUT2D eigenvalue weighted by Crippen LogP contribution is 2.24. The standard InChI is InChI=1S/C25H19N7O2/c26-24-30-21-8-6-16(14-20(21)23(33)32(24)19-4-2-1-3-5-19)17-7-9-22(28-15-17)31-25(34)29-18-10-12-27-13-11-18/h1-15H,(H2,26,30)(H2,27,28,29,31,34). The van der Waals surface area contributed by atoms with E-state index < -0.39 is 6.03 Å². The van der Waals surface area contributed by atoms with Gasteiger partial charge in [0.2, 0.25) is 5.95 Å². The maximum atomic E-state index is 13.2. The number of benzene rings is 2. The van der Waals surface area contributed by atoms with Crippen LogP contribution in [0.3, 0.4) is 0 Å². The second kappa shape index (κ2) is 8.83. The minimum atomic E-state index is -0.415. The van der Waals surface area contributed by atoms with Gasteiger partial charge in [-0.25, -0.2) is 19.3 Å². The average Bonchev–Trinajstić information content (AvgIpc) is 2.86. The number of nitrogens with zero attached hydrogens (tertiary/aromatic N) is 4. The van der Waals surface area contributed by atoms with E-state index in [4.69, 9.17) is 5.73 Å². The number of hydrogen-bond donors (Lipinski definition) is 3. The van der Waals surface area contributed by atoms with Crippen molar-refractivity contribution < 1.29 is 4.79 Å². The second-order valence-electron chi connectivity index (χ2n) is 7.43. The van der Waals surface area contributed by atoms with Crippen molar-refractivity contribution in [3.63, 3.8) is 0 Å². The third-order valence-electron chi connectivity index (χ3n) is 5.19. The molecular weight excluding hydrogens is 430 g/mol. The summed E-state index contributed by atoms with van der Waals surface area (Å²) in [6.45, 7) is 0. The number of fused-ring (bicyclic) bond motifs is 1. The molecule has 166 valence electrons. The molecule has 0 aliphatic carbocycles. The molecule has 0 saturated heterocycles. The summed E-state index contributed by atoms with van der Waals surface area (Å²) < 4.78 is 1.39. The van der Waals surface area contributed by atoms with E-state index in [-0.39, 0.29) is 11.5 Å². The summed E-state index contributed by atoms with van der Waals surface area (Å²) in [4.78, 5) is 38.0. The summed E-state index contributed by atoms with van der Waals surface area (Å²) in [5.74, 6) is 0.510. The lowest BCUT2D eigenvalue weighted by Gasteiger charge is -2.11. The normalized spacial score (nSPS) is 10.7. The van der Waals surface area contributed by atoms with Crippen molar-refractivity contribution in [1.29, 1.82) is 0 Å². The maximum Gasteiger partial charge on any atom is 0.324 e. The highest BCUT2D eigenvalue weighted by Gasteiger charge is 2.12. The molecule has 3 heterocycles. The zero-order valence-electron chi connectivity index (χ0n) is 17.8. The van der Waals surface area contributed by atoms with Crippen LogP contribution in [0.4, 0.5) is 22.2 Å². The summed E-state index contributed by atoms with van der Waals surface area (Å²) in [5.41, 5.74) is 9.17. The summed E-state index contributed by atoms with van der Waals surface area (Å²) in [5, 5.41) is 5.82. The maximum absolute atomic E-state index is 13.2. The van der Waals surface area contributed by atoms with Crippen molar-refractivity contribution in [1.82, 2.24) is 19.5 Å². The van der Waals surface area contributed by atoms with Gasteiger partial charge in [0.05, 0.1) is 16.6 Å². The Kier molecular flexibility index (Phi) is 5.41. The molecule has 0 atom stereocenters. The molecule has 0 fully saturated rings. The monoisotopic (exact) mass is 449 g/mol. The number of rotatable bonds is 4. The zero-order chi connectivity index (χ0) is 23.5. The Bertz CT molecular complexity index is 1530. The van der Waals surface area contributed by atoms with Crippen LogP contribution in [0.15, 0.2) is 96.2 Å². The molecule has 0 spiro atoms. The van der Waals surface area contributed by atoms with Crippen LogP contribution in [0, 0.1) is 0 Å². The molecule has 0 bridgehead atoms. The van der Waals surface area contributed by atoms with E-state index in [1.54, 1.807) is 61.1 Å². The molecule has 9 heteroatoms. The number of pyridine rings is 2. The van der Waals surface area contributed by atoms with Gasteiger partial charge < -0.3 is 11.1 Å². The molecule has 0 radical (unpaired) electrons. The van der Waals surface area contributed by atoms with E-state index in [1.807, 2.05) is 30.3 Å². The number of hydrogen-bond acceptors (Lipinski definition) is 6. The average molecular weight is 449 g/mol. The van der Waals surface area contributed by atoms with Gasteiger partial charge in [-0.2, -0.15) is 0 Å². The van der Waals surface area contributed by atoms with Crippen molar-refractivity contribution in [2.24, 2.45) is 0 Å². The van der Waals surface area contributed by atoms with E-state index in [1.165, 1.54) is 4.57 Å². The summed E-state index contributed by atoms with van der Waals surface area (Å²) in [7, 11) is 0. The van der Waals surface area contributed by atoms with Gasteiger partial charge in [-0.3, -0.25) is 15.1 Å². The number of amides is 2. The number of nitrogen functional groups attached to an aromatic ring is 1. The third-order valence-corrected chi connectivity index (χ3v) is 5.19. The summed E-state index contributed by atoms with van der Waals surface area (Å²) >= 11 is 0. The largest absolute Gasteiger partial charge is 0.369 e. The van der Waals surface area contributed by atoms with Crippen LogP contribution in [-0.4, -0.2) is 25.6 Å². The highest BCUT2D eigenvalue weighted by atomic mass is 16.2. The topological polar surface area (TPSA) is 128 Å². The predicted octanol–water partition coefficient (Wildman–Crippen LogP) is 4.07. The van der Waals surface area contributed by atoms with E-state index in [0.29, 0.717) is 28.1 Å². The minimum Gasteiger partial charge on any atom is -0.369 e. The van der Waals surface area contributed by atoms with Crippen LogP contribution in [0.5, 0.6) is 0 Å². The van der Waals surface area contributed by atoms with Gasteiger partial charge in [0.25, 0.3) is 5.56 Å². The first-order chi connectivity index (χ1) is 16.6. The van der Waals surface area contributed by atoms with Crippen molar-refractivity contribution in [3.8, 4) is 16.8 Å². The zero-order valence-corrected chi connectivity index (χ0v) is 17.8. The lowest BCUT2D eigenvalue weighted by atomic mass is 10.1.